The molecule has 4 rings (SSSR count). The maximum atomic E-state index is 12.9. The van der Waals surface area contributed by atoms with Gasteiger partial charge in [0.15, 0.2) is 0 Å². The smallest absolute Gasteiger partial charge is 0.293 e. The zero-order valence-corrected chi connectivity index (χ0v) is 16.2. The summed E-state index contributed by atoms with van der Waals surface area (Å²) in [6.07, 6.45) is 1.10. The van der Waals surface area contributed by atoms with E-state index in [1.807, 2.05) is 42.2 Å². The third-order valence-electron chi connectivity index (χ3n) is 5.32. The number of fused-ring (bicyclic) bond motifs is 1. The second kappa shape index (κ2) is 8.44. The minimum absolute atomic E-state index is 0.137. The second-order valence-electron chi connectivity index (χ2n) is 7.34. The van der Waals surface area contributed by atoms with Gasteiger partial charge >= 0.3 is 0 Å². The highest BCUT2D eigenvalue weighted by atomic mass is 16.2. The second-order valence-corrected chi connectivity index (χ2v) is 7.34. The minimum Gasteiger partial charge on any atom is -0.336 e. The van der Waals surface area contributed by atoms with Crippen LogP contribution >= 0.6 is 0 Å². The van der Waals surface area contributed by atoms with Crippen molar-refractivity contribution < 1.29 is 4.79 Å². The predicted octanol–water partition coefficient (Wildman–Crippen LogP) is 3.01. The van der Waals surface area contributed by atoms with E-state index in [-0.39, 0.29) is 11.7 Å². The summed E-state index contributed by atoms with van der Waals surface area (Å²) in [4.78, 5) is 21.7. The Morgan fingerprint density at radius 3 is 2.61 bits per heavy atom. The molecule has 3 aromatic rings. The van der Waals surface area contributed by atoms with Gasteiger partial charge in [0.1, 0.15) is 5.52 Å². The number of amides is 1. The average Bonchev–Trinajstić information content (AvgIpc) is 3.18. The van der Waals surface area contributed by atoms with Gasteiger partial charge < -0.3 is 4.90 Å². The number of hydrogen-bond acceptors (Lipinski definition) is 5. The molecule has 0 bridgehead atoms. The van der Waals surface area contributed by atoms with Crippen LogP contribution in [0, 0.1) is 5.92 Å². The van der Waals surface area contributed by atoms with Gasteiger partial charge in [0, 0.05) is 26.2 Å². The molecule has 1 atom stereocenters. The van der Waals surface area contributed by atoms with Gasteiger partial charge in [-0.15, -0.1) is 10.2 Å². The molecular weight excluding hydrogens is 350 g/mol. The average molecular weight is 375 g/mol. The van der Waals surface area contributed by atoms with Gasteiger partial charge in [-0.3, -0.25) is 9.69 Å². The molecule has 6 heteroatoms. The van der Waals surface area contributed by atoms with Gasteiger partial charge in [-0.25, -0.2) is 4.98 Å². The Bertz CT molecular complexity index is 946. The zero-order valence-electron chi connectivity index (χ0n) is 16.2. The number of hydrogen-bond donors (Lipinski definition) is 0. The first-order chi connectivity index (χ1) is 13.7. The third-order valence-corrected chi connectivity index (χ3v) is 5.32. The molecule has 144 valence electrons. The Morgan fingerprint density at radius 1 is 1.07 bits per heavy atom. The van der Waals surface area contributed by atoms with Crippen molar-refractivity contribution in [1.82, 2.24) is 25.0 Å². The monoisotopic (exact) mass is 375 g/mol. The van der Waals surface area contributed by atoms with Crippen LogP contribution in [-0.4, -0.2) is 57.1 Å². The van der Waals surface area contributed by atoms with Gasteiger partial charge in [0.05, 0.1) is 5.52 Å². The van der Waals surface area contributed by atoms with Crippen molar-refractivity contribution in [3.8, 4) is 0 Å². The molecule has 6 nitrogen and oxygen atoms in total. The number of rotatable bonds is 6. The molecule has 1 unspecified atom stereocenters. The molecule has 0 aliphatic carbocycles. The van der Waals surface area contributed by atoms with Gasteiger partial charge in [0.25, 0.3) is 5.91 Å². The van der Waals surface area contributed by atoms with Crippen LogP contribution in [0.25, 0.3) is 11.0 Å². The van der Waals surface area contributed by atoms with Crippen molar-refractivity contribution in [2.24, 2.45) is 5.92 Å². The van der Waals surface area contributed by atoms with E-state index in [0.717, 1.165) is 32.6 Å². The highest BCUT2D eigenvalue weighted by Gasteiger charge is 2.27. The molecule has 1 aliphatic heterocycles. The van der Waals surface area contributed by atoms with E-state index in [1.54, 1.807) is 0 Å². The first kappa shape index (κ1) is 18.5. The fourth-order valence-electron chi connectivity index (χ4n) is 3.83. The van der Waals surface area contributed by atoms with Crippen molar-refractivity contribution in [2.75, 3.05) is 26.2 Å². The molecule has 0 spiro atoms. The molecule has 1 aliphatic rings. The first-order valence-electron chi connectivity index (χ1n) is 9.88. The van der Waals surface area contributed by atoms with E-state index >= 15 is 0 Å². The summed E-state index contributed by atoms with van der Waals surface area (Å²) in [6.45, 7) is 6.42. The van der Waals surface area contributed by atoms with E-state index in [2.05, 4.69) is 44.3 Å². The van der Waals surface area contributed by atoms with E-state index in [4.69, 9.17) is 0 Å². The first-order valence-corrected chi connectivity index (χ1v) is 9.88. The fraction of sp³-hybridized carbons (Fsp3) is 0.364. The van der Waals surface area contributed by atoms with Gasteiger partial charge in [0.2, 0.25) is 5.82 Å². The van der Waals surface area contributed by atoms with Crippen LogP contribution in [0.1, 0.15) is 29.5 Å². The number of likely N-dealkylation sites (tertiary alicyclic amines) is 1. The van der Waals surface area contributed by atoms with E-state index in [1.165, 1.54) is 5.56 Å². The lowest BCUT2D eigenvalue weighted by Gasteiger charge is -2.24. The summed E-state index contributed by atoms with van der Waals surface area (Å²) in [6, 6.07) is 18.0. The summed E-state index contributed by atoms with van der Waals surface area (Å²) >= 11 is 0. The lowest BCUT2D eigenvalue weighted by atomic mass is 10.1. The molecule has 0 N–H and O–H groups in total. The largest absolute Gasteiger partial charge is 0.336 e. The van der Waals surface area contributed by atoms with Crippen molar-refractivity contribution in [2.45, 2.75) is 19.9 Å². The van der Waals surface area contributed by atoms with Crippen LogP contribution in [0.2, 0.25) is 0 Å². The summed E-state index contributed by atoms with van der Waals surface area (Å²) < 4.78 is 0. The Balaban J connectivity index is 1.39. The van der Waals surface area contributed by atoms with Crippen molar-refractivity contribution in [3.63, 3.8) is 0 Å². The highest BCUT2D eigenvalue weighted by molar-refractivity contribution is 5.91. The third kappa shape index (κ3) is 4.17. The van der Waals surface area contributed by atoms with Gasteiger partial charge in [-0.2, -0.15) is 0 Å². The zero-order chi connectivity index (χ0) is 19.3. The summed E-state index contributed by atoms with van der Waals surface area (Å²) in [5, 5.41) is 8.20. The number of benzene rings is 2. The number of nitrogens with zero attached hydrogens (tertiary/aromatic N) is 5. The lowest BCUT2D eigenvalue weighted by molar-refractivity contribution is 0.0725. The molecule has 0 radical (unpaired) electrons. The minimum atomic E-state index is -0.137. The summed E-state index contributed by atoms with van der Waals surface area (Å²) in [5.74, 6) is 0.517. The topological polar surface area (TPSA) is 62.2 Å². The maximum Gasteiger partial charge on any atom is 0.293 e. The van der Waals surface area contributed by atoms with Crippen LogP contribution in [0.15, 0.2) is 54.6 Å². The Labute approximate surface area is 165 Å². The van der Waals surface area contributed by atoms with Crippen LogP contribution in [0.3, 0.4) is 0 Å². The molecule has 2 heterocycles. The molecule has 28 heavy (non-hydrogen) atoms. The molecule has 1 amide bonds. The normalized spacial score (nSPS) is 17.1. The quantitative estimate of drug-likeness (QED) is 0.663. The molecule has 0 saturated carbocycles. The molecule has 1 saturated heterocycles. The van der Waals surface area contributed by atoms with Crippen LogP contribution in [0.4, 0.5) is 0 Å². The highest BCUT2D eigenvalue weighted by Crippen LogP contribution is 2.20. The van der Waals surface area contributed by atoms with Gasteiger partial charge in [-0.05, 0) is 43.5 Å². The van der Waals surface area contributed by atoms with Crippen LogP contribution < -0.4 is 0 Å². The van der Waals surface area contributed by atoms with Gasteiger partial charge in [-0.1, -0.05) is 42.5 Å². The Hall–Kier alpha value is -2.86. The standard InChI is InChI=1S/C22H25N5O/c1-2-27(22(28)21-23-19-10-6-7-11-20(19)24-25-21)16-18-12-13-26(15-18)14-17-8-4-3-5-9-17/h3-11,18H,2,12-16H2,1H3. The van der Waals surface area contributed by atoms with Crippen molar-refractivity contribution in [1.29, 1.82) is 0 Å². The Morgan fingerprint density at radius 2 is 1.82 bits per heavy atom. The SMILES string of the molecule is CCN(CC1CCN(Cc2ccccc2)C1)C(=O)c1nnc2ccccc2n1. The maximum absolute atomic E-state index is 12.9. The fourth-order valence-corrected chi connectivity index (χ4v) is 3.83. The number of aromatic nitrogens is 3. The molecule has 2 aromatic carbocycles. The molecule has 1 aromatic heterocycles. The van der Waals surface area contributed by atoms with Crippen molar-refractivity contribution >= 4 is 16.9 Å². The summed E-state index contributed by atoms with van der Waals surface area (Å²) in [5.41, 5.74) is 2.74. The molecule has 1 fully saturated rings. The van der Waals surface area contributed by atoms with E-state index in [9.17, 15) is 4.79 Å². The van der Waals surface area contributed by atoms with E-state index in [0.29, 0.717) is 23.5 Å². The van der Waals surface area contributed by atoms with E-state index < -0.39 is 0 Å². The predicted molar refractivity (Wildman–Crippen MR) is 109 cm³/mol. The number of carbonyl (C=O) groups is 1. The lowest BCUT2D eigenvalue weighted by Crippen LogP contribution is -2.37. The van der Waals surface area contributed by atoms with Crippen LogP contribution in [0.5, 0.6) is 0 Å². The number of carbonyl (C=O) groups excluding carboxylic acids is 1. The van der Waals surface area contributed by atoms with Crippen molar-refractivity contribution in [3.05, 3.63) is 66.0 Å². The van der Waals surface area contributed by atoms with Crippen LogP contribution in [-0.2, 0) is 6.54 Å². The molecular formula is C22H25N5O. The Kier molecular flexibility index (Phi) is 5.58. The summed E-state index contributed by atoms with van der Waals surface area (Å²) in [7, 11) is 0. The number of para-hydroxylation sites is 1.